The first-order chi connectivity index (χ1) is 16.3. The number of carbonyl (C=O) groups is 2. The maximum absolute atomic E-state index is 12.6. The second-order valence-corrected chi connectivity index (χ2v) is 8.99. The zero-order chi connectivity index (χ0) is 24.7. The number of ether oxygens (including phenoxy) is 2. The summed E-state index contributed by atoms with van der Waals surface area (Å²) in [4.78, 5) is 24.7. The Morgan fingerprint density at radius 2 is 1.85 bits per heavy atom. The summed E-state index contributed by atoms with van der Waals surface area (Å²) in [6.07, 6.45) is -0.565. The number of carbonyl (C=O) groups excluding carboxylic acids is 2. The molecular weight excluding hydrogens is 476 g/mol. The van der Waals surface area contributed by atoms with E-state index < -0.39 is 5.97 Å². The molecule has 1 atom stereocenters. The Hall–Kier alpha value is -3.04. The van der Waals surface area contributed by atoms with Gasteiger partial charge in [0, 0.05) is 6.54 Å². The molecule has 0 aliphatic rings. The molecule has 0 aliphatic carbocycles. The molecule has 0 bridgehead atoms. The van der Waals surface area contributed by atoms with Gasteiger partial charge in [0.2, 0.25) is 5.91 Å². The van der Waals surface area contributed by atoms with Gasteiger partial charge < -0.3 is 19.4 Å². The van der Waals surface area contributed by atoms with E-state index >= 15 is 0 Å². The number of anilines is 1. The number of hydrogen-bond acceptors (Lipinski definition) is 7. The van der Waals surface area contributed by atoms with Gasteiger partial charge in [-0.25, -0.2) is 4.79 Å². The molecule has 0 saturated heterocycles. The first kappa shape index (κ1) is 25.6. The van der Waals surface area contributed by atoms with Gasteiger partial charge in [0.25, 0.3) is 0 Å². The lowest BCUT2D eigenvalue weighted by Gasteiger charge is -2.15. The van der Waals surface area contributed by atoms with Crippen LogP contribution in [0.15, 0.2) is 53.7 Å². The van der Waals surface area contributed by atoms with Gasteiger partial charge in [-0.2, -0.15) is 0 Å². The van der Waals surface area contributed by atoms with E-state index in [4.69, 9.17) is 21.1 Å². The van der Waals surface area contributed by atoms with Crippen molar-refractivity contribution in [3.8, 4) is 5.75 Å². The third-order valence-electron chi connectivity index (χ3n) is 4.63. The highest BCUT2D eigenvalue weighted by Crippen LogP contribution is 2.26. The monoisotopic (exact) mass is 502 g/mol. The highest BCUT2D eigenvalue weighted by molar-refractivity contribution is 7.99. The molecule has 1 amide bonds. The van der Waals surface area contributed by atoms with E-state index in [1.54, 1.807) is 26.0 Å². The summed E-state index contributed by atoms with van der Waals surface area (Å²) < 4.78 is 13.1. The Bertz CT molecular complexity index is 1140. The summed E-state index contributed by atoms with van der Waals surface area (Å²) in [6.45, 7) is 8.05. The van der Waals surface area contributed by atoms with Crippen LogP contribution in [0.2, 0.25) is 5.02 Å². The van der Waals surface area contributed by atoms with Gasteiger partial charge in [0.1, 0.15) is 5.75 Å². The standard InChI is InChI=1S/C24H27ClN4O4S/c1-5-29-22(16(4)33-18-9-7-6-8-10-18)27-28-24(29)34-14-21(30)26-20-13-17(11-12-19(20)25)23(31)32-15(2)3/h6-13,15-16H,5,14H2,1-4H3,(H,26,30). The zero-order valence-corrected chi connectivity index (χ0v) is 21.0. The SMILES string of the molecule is CCn1c(SCC(=O)Nc2cc(C(=O)OC(C)C)ccc2Cl)nnc1C(C)Oc1ccccc1. The summed E-state index contributed by atoms with van der Waals surface area (Å²) in [6, 6.07) is 14.1. The van der Waals surface area contributed by atoms with Gasteiger partial charge in [0.15, 0.2) is 17.1 Å². The molecule has 1 unspecified atom stereocenters. The lowest BCUT2D eigenvalue weighted by atomic mass is 10.2. The lowest BCUT2D eigenvalue weighted by molar-refractivity contribution is -0.113. The predicted molar refractivity (Wildman–Crippen MR) is 133 cm³/mol. The van der Waals surface area contributed by atoms with Crippen LogP contribution in [0.3, 0.4) is 0 Å². The first-order valence-corrected chi connectivity index (χ1v) is 12.2. The molecular formula is C24H27ClN4O4S. The summed E-state index contributed by atoms with van der Waals surface area (Å²) in [7, 11) is 0. The highest BCUT2D eigenvalue weighted by atomic mass is 35.5. The Balaban J connectivity index is 1.63. The Morgan fingerprint density at radius 1 is 1.12 bits per heavy atom. The molecule has 0 radical (unpaired) electrons. The summed E-state index contributed by atoms with van der Waals surface area (Å²) in [5.41, 5.74) is 0.650. The number of esters is 1. The molecule has 180 valence electrons. The van der Waals surface area contributed by atoms with Crippen LogP contribution >= 0.6 is 23.4 Å². The van der Waals surface area contributed by atoms with Crippen LogP contribution in [0.1, 0.15) is 50.0 Å². The fourth-order valence-corrected chi connectivity index (χ4v) is 4.08. The number of nitrogens with zero attached hydrogens (tertiary/aromatic N) is 3. The average molecular weight is 503 g/mol. The minimum absolute atomic E-state index is 0.0864. The molecule has 3 rings (SSSR count). The van der Waals surface area contributed by atoms with E-state index in [2.05, 4.69) is 15.5 Å². The van der Waals surface area contributed by atoms with E-state index in [-0.39, 0.29) is 23.9 Å². The third-order valence-corrected chi connectivity index (χ3v) is 5.93. The lowest BCUT2D eigenvalue weighted by Crippen LogP contribution is -2.17. The van der Waals surface area contributed by atoms with Crippen LogP contribution < -0.4 is 10.1 Å². The van der Waals surface area contributed by atoms with Gasteiger partial charge >= 0.3 is 5.97 Å². The number of halogens is 1. The quantitative estimate of drug-likeness (QED) is 0.293. The molecule has 0 fully saturated rings. The van der Waals surface area contributed by atoms with Crippen molar-refractivity contribution >= 4 is 40.9 Å². The second kappa shape index (κ2) is 11.9. The molecule has 1 heterocycles. The number of hydrogen-bond donors (Lipinski definition) is 1. The maximum atomic E-state index is 12.6. The van der Waals surface area contributed by atoms with Crippen LogP contribution in [-0.2, 0) is 16.1 Å². The van der Waals surface area contributed by atoms with E-state index in [0.717, 1.165) is 5.75 Å². The Labute approximate surface area is 208 Å². The fourth-order valence-electron chi connectivity index (χ4n) is 3.11. The van der Waals surface area contributed by atoms with E-state index in [9.17, 15) is 9.59 Å². The van der Waals surface area contributed by atoms with E-state index in [1.165, 1.54) is 17.8 Å². The van der Waals surface area contributed by atoms with Gasteiger partial charge in [-0.1, -0.05) is 41.6 Å². The van der Waals surface area contributed by atoms with E-state index in [0.29, 0.717) is 33.8 Å². The second-order valence-electron chi connectivity index (χ2n) is 7.64. The van der Waals surface area contributed by atoms with Crippen LogP contribution in [0.5, 0.6) is 5.75 Å². The van der Waals surface area contributed by atoms with Crippen molar-refractivity contribution in [2.75, 3.05) is 11.1 Å². The number of para-hydroxylation sites is 1. The number of rotatable bonds is 10. The van der Waals surface area contributed by atoms with E-state index in [1.807, 2.05) is 48.7 Å². The van der Waals surface area contributed by atoms with Crippen LogP contribution in [-0.4, -0.2) is 38.5 Å². The summed E-state index contributed by atoms with van der Waals surface area (Å²) in [5.74, 6) is 0.733. The van der Waals surface area contributed by atoms with Crippen molar-refractivity contribution < 1.29 is 19.1 Å². The molecule has 1 aromatic heterocycles. The van der Waals surface area contributed by atoms with Gasteiger partial charge in [0.05, 0.1) is 28.1 Å². The van der Waals surface area contributed by atoms with Crippen molar-refractivity contribution in [3.05, 3.63) is 64.9 Å². The number of amides is 1. The molecule has 10 heteroatoms. The molecule has 1 N–H and O–H groups in total. The summed E-state index contributed by atoms with van der Waals surface area (Å²) >= 11 is 7.46. The number of aromatic nitrogens is 3. The zero-order valence-electron chi connectivity index (χ0n) is 19.4. The van der Waals surface area contributed by atoms with Gasteiger partial charge in [-0.05, 0) is 58.0 Å². The minimum atomic E-state index is -0.480. The van der Waals surface area contributed by atoms with Crippen LogP contribution in [0, 0.1) is 0 Å². The van der Waals surface area contributed by atoms with Crippen molar-refractivity contribution in [3.63, 3.8) is 0 Å². The Kier molecular flexibility index (Phi) is 8.95. The van der Waals surface area contributed by atoms with Crippen LogP contribution in [0.25, 0.3) is 0 Å². The van der Waals surface area contributed by atoms with Gasteiger partial charge in [-0.3, -0.25) is 4.79 Å². The normalized spacial score (nSPS) is 11.8. The number of nitrogens with one attached hydrogen (secondary N) is 1. The van der Waals surface area contributed by atoms with Crippen molar-refractivity contribution in [1.29, 1.82) is 0 Å². The maximum Gasteiger partial charge on any atom is 0.338 e. The fraction of sp³-hybridized carbons (Fsp3) is 0.333. The highest BCUT2D eigenvalue weighted by Gasteiger charge is 2.20. The van der Waals surface area contributed by atoms with Crippen molar-refractivity contribution in [1.82, 2.24) is 14.8 Å². The van der Waals surface area contributed by atoms with Crippen molar-refractivity contribution in [2.24, 2.45) is 0 Å². The molecule has 2 aromatic carbocycles. The molecule has 0 aliphatic heterocycles. The molecule has 0 saturated carbocycles. The largest absolute Gasteiger partial charge is 0.483 e. The summed E-state index contributed by atoms with van der Waals surface area (Å²) in [5, 5.41) is 12.2. The first-order valence-electron chi connectivity index (χ1n) is 10.9. The number of thioether (sulfide) groups is 1. The molecule has 34 heavy (non-hydrogen) atoms. The minimum Gasteiger partial charge on any atom is -0.483 e. The van der Waals surface area contributed by atoms with Crippen LogP contribution in [0.4, 0.5) is 5.69 Å². The predicted octanol–water partition coefficient (Wildman–Crippen LogP) is 5.39. The molecule has 3 aromatic rings. The van der Waals surface area contributed by atoms with Crippen molar-refractivity contribution in [2.45, 2.75) is 51.6 Å². The Morgan fingerprint density at radius 3 is 2.53 bits per heavy atom. The molecule has 0 spiro atoms. The number of benzene rings is 2. The smallest absolute Gasteiger partial charge is 0.338 e. The third kappa shape index (κ3) is 6.74. The topological polar surface area (TPSA) is 95.3 Å². The molecule has 8 nitrogen and oxygen atoms in total. The average Bonchev–Trinajstić information content (AvgIpc) is 3.22. The van der Waals surface area contributed by atoms with Gasteiger partial charge in [-0.15, -0.1) is 10.2 Å².